The van der Waals surface area contributed by atoms with E-state index in [1.807, 2.05) is 48.7 Å². The number of nitrogens with zero attached hydrogens (tertiary/aromatic N) is 1. The van der Waals surface area contributed by atoms with Crippen LogP contribution in [-0.4, -0.2) is 24.7 Å². The Kier molecular flexibility index (Phi) is 5.70. The van der Waals surface area contributed by atoms with Crippen LogP contribution < -0.4 is 20.1 Å². The number of thiazole rings is 1. The molecule has 0 aliphatic heterocycles. The molecule has 0 saturated heterocycles. The van der Waals surface area contributed by atoms with Crippen LogP contribution in [0.4, 0.5) is 15.6 Å². The minimum Gasteiger partial charge on any atom is -0.497 e. The lowest BCUT2D eigenvalue weighted by Gasteiger charge is -2.07. The molecule has 0 aliphatic rings. The maximum absolute atomic E-state index is 12.1. The fourth-order valence-electron chi connectivity index (χ4n) is 2.31. The molecule has 2 N–H and O–H groups in total. The van der Waals surface area contributed by atoms with Crippen molar-refractivity contribution in [2.75, 3.05) is 24.4 Å². The second-order valence-electron chi connectivity index (χ2n) is 5.31. The van der Waals surface area contributed by atoms with Gasteiger partial charge in [-0.3, -0.25) is 5.32 Å². The molecule has 0 aliphatic carbocycles. The maximum atomic E-state index is 12.1. The Morgan fingerprint density at radius 1 is 1.12 bits per heavy atom. The Morgan fingerprint density at radius 2 is 1.92 bits per heavy atom. The highest BCUT2D eigenvalue weighted by Crippen LogP contribution is 2.27. The van der Waals surface area contributed by atoms with Gasteiger partial charge in [-0.15, -0.1) is 11.3 Å². The number of anilines is 2. The van der Waals surface area contributed by atoms with Gasteiger partial charge in [0.25, 0.3) is 0 Å². The number of urea groups is 1. The standard InChI is InChI=1S/C19H19N3O3S/c1-3-25-15-9-7-14(8-10-15)20-18(23)22-19-21-17(12-26-19)13-5-4-6-16(11-13)24-2/h4-12H,3H2,1-2H3,(H2,20,21,22,23). The third-order valence-corrected chi connectivity index (χ3v) is 4.27. The number of hydrogen-bond acceptors (Lipinski definition) is 5. The Hall–Kier alpha value is -3.06. The number of nitrogens with one attached hydrogen (secondary N) is 2. The number of rotatable bonds is 6. The molecular formula is C19H19N3O3S. The number of carbonyl (C=O) groups is 1. The third kappa shape index (κ3) is 4.52. The van der Waals surface area contributed by atoms with Gasteiger partial charge in [0.15, 0.2) is 5.13 Å². The molecule has 1 heterocycles. The Bertz CT molecular complexity index is 878. The second kappa shape index (κ2) is 8.35. The first-order chi connectivity index (χ1) is 12.7. The van der Waals surface area contributed by atoms with Crippen LogP contribution in [0, 0.1) is 0 Å². The summed E-state index contributed by atoms with van der Waals surface area (Å²) in [6.07, 6.45) is 0. The van der Waals surface area contributed by atoms with Gasteiger partial charge in [-0.1, -0.05) is 12.1 Å². The highest BCUT2D eigenvalue weighted by molar-refractivity contribution is 7.14. The first-order valence-corrected chi connectivity index (χ1v) is 8.96. The smallest absolute Gasteiger partial charge is 0.325 e. The molecule has 0 unspecified atom stereocenters. The lowest BCUT2D eigenvalue weighted by Crippen LogP contribution is -2.19. The number of ether oxygens (including phenoxy) is 2. The topological polar surface area (TPSA) is 72.5 Å². The molecule has 134 valence electrons. The summed E-state index contributed by atoms with van der Waals surface area (Å²) in [7, 11) is 1.62. The summed E-state index contributed by atoms with van der Waals surface area (Å²) in [6, 6.07) is 14.5. The average Bonchev–Trinajstić information content (AvgIpc) is 3.12. The largest absolute Gasteiger partial charge is 0.497 e. The zero-order valence-electron chi connectivity index (χ0n) is 14.5. The highest BCUT2D eigenvalue weighted by Gasteiger charge is 2.09. The van der Waals surface area contributed by atoms with Crippen LogP contribution in [0.15, 0.2) is 53.9 Å². The maximum Gasteiger partial charge on any atom is 0.325 e. The molecule has 6 nitrogen and oxygen atoms in total. The van der Waals surface area contributed by atoms with E-state index in [2.05, 4.69) is 15.6 Å². The van der Waals surface area contributed by atoms with Crippen molar-refractivity contribution < 1.29 is 14.3 Å². The summed E-state index contributed by atoms with van der Waals surface area (Å²) in [5, 5.41) is 7.92. The minimum absolute atomic E-state index is 0.347. The predicted molar refractivity (Wildman–Crippen MR) is 104 cm³/mol. The molecule has 2 aromatic carbocycles. The van der Waals surface area contributed by atoms with Gasteiger partial charge < -0.3 is 14.8 Å². The number of benzene rings is 2. The molecule has 2 amide bonds. The van der Waals surface area contributed by atoms with Gasteiger partial charge in [-0.25, -0.2) is 9.78 Å². The lowest BCUT2D eigenvalue weighted by molar-refractivity contribution is 0.262. The molecule has 3 rings (SSSR count). The van der Waals surface area contributed by atoms with Crippen molar-refractivity contribution >= 4 is 28.2 Å². The van der Waals surface area contributed by atoms with Gasteiger partial charge in [0.05, 0.1) is 19.4 Å². The first kappa shape index (κ1) is 17.8. The van der Waals surface area contributed by atoms with Crippen LogP contribution >= 0.6 is 11.3 Å². The Morgan fingerprint density at radius 3 is 2.65 bits per heavy atom. The van der Waals surface area contributed by atoms with Gasteiger partial charge in [0, 0.05) is 16.6 Å². The summed E-state index contributed by atoms with van der Waals surface area (Å²) in [6.45, 7) is 2.53. The van der Waals surface area contributed by atoms with E-state index in [4.69, 9.17) is 9.47 Å². The van der Waals surface area contributed by atoms with E-state index in [9.17, 15) is 4.79 Å². The van der Waals surface area contributed by atoms with Crippen LogP contribution in [0.1, 0.15) is 6.92 Å². The molecule has 7 heteroatoms. The number of aromatic nitrogens is 1. The highest BCUT2D eigenvalue weighted by atomic mass is 32.1. The molecule has 0 saturated carbocycles. The predicted octanol–water partition coefficient (Wildman–Crippen LogP) is 4.86. The number of carbonyl (C=O) groups excluding carboxylic acids is 1. The summed E-state index contributed by atoms with van der Waals surface area (Å²) in [4.78, 5) is 16.6. The van der Waals surface area contributed by atoms with Gasteiger partial charge in [0.2, 0.25) is 0 Å². The van der Waals surface area contributed by atoms with E-state index < -0.39 is 0 Å². The summed E-state index contributed by atoms with van der Waals surface area (Å²) >= 11 is 1.36. The van der Waals surface area contributed by atoms with E-state index in [1.165, 1.54) is 11.3 Å². The third-order valence-electron chi connectivity index (χ3n) is 3.51. The SMILES string of the molecule is CCOc1ccc(NC(=O)Nc2nc(-c3cccc(OC)c3)cs2)cc1. The van der Waals surface area contributed by atoms with Crippen LogP contribution in [0.3, 0.4) is 0 Å². The monoisotopic (exact) mass is 369 g/mol. The fourth-order valence-corrected chi connectivity index (χ4v) is 3.02. The molecular weight excluding hydrogens is 350 g/mol. The van der Waals surface area contributed by atoms with Gasteiger partial charge in [-0.05, 0) is 43.3 Å². The van der Waals surface area contributed by atoms with Crippen molar-refractivity contribution in [3.8, 4) is 22.8 Å². The van der Waals surface area contributed by atoms with E-state index in [0.29, 0.717) is 17.4 Å². The van der Waals surface area contributed by atoms with Gasteiger partial charge in [-0.2, -0.15) is 0 Å². The molecule has 0 atom stereocenters. The van der Waals surface area contributed by atoms with Crippen molar-refractivity contribution in [1.29, 1.82) is 0 Å². The molecule has 26 heavy (non-hydrogen) atoms. The number of amides is 2. The fraction of sp³-hybridized carbons (Fsp3) is 0.158. The van der Waals surface area contributed by atoms with E-state index in [-0.39, 0.29) is 6.03 Å². The quantitative estimate of drug-likeness (QED) is 0.651. The minimum atomic E-state index is -0.347. The average molecular weight is 369 g/mol. The number of methoxy groups -OCH3 is 1. The molecule has 0 fully saturated rings. The molecule has 0 bridgehead atoms. The molecule has 1 aromatic heterocycles. The first-order valence-electron chi connectivity index (χ1n) is 8.08. The van der Waals surface area contributed by atoms with Crippen molar-refractivity contribution in [1.82, 2.24) is 4.98 Å². The van der Waals surface area contributed by atoms with Crippen LogP contribution in [0.2, 0.25) is 0 Å². The Labute approximate surface area is 155 Å². The van der Waals surface area contributed by atoms with Crippen molar-refractivity contribution in [3.05, 3.63) is 53.9 Å². The zero-order chi connectivity index (χ0) is 18.4. The van der Waals surface area contributed by atoms with Crippen LogP contribution in [0.5, 0.6) is 11.5 Å². The number of hydrogen-bond donors (Lipinski definition) is 2. The molecule has 0 radical (unpaired) electrons. The summed E-state index contributed by atoms with van der Waals surface area (Å²) in [5.74, 6) is 1.53. The summed E-state index contributed by atoms with van der Waals surface area (Å²) in [5.41, 5.74) is 2.39. The molecule has 3 aromatic rings. The van der Waals surface area contributed by atoms with Crippen LogP contribution in [-0.2, 0) is 0 Å². The van der Waals surface area contributed by atoms with Gasteiger partial charge in [0.1, 0.15) is 11.5 Å². The van der Waals surface area contributed by atoms with E-state index >= 15 is 0 Å². The van der Waals surface area contributed by atoms with Crippen molar-refractivity contribution in [2.45, 2.75) is 6.92 Å². The van der Waals surface area contributed by atoms with E-state index in [0.717, 1.165) is 22.8 Å². The normalized spacial score (nSPS) is 10.2. The van der Waals surface area contributed by atoms with Gasteiger partial charge >= 0.3 is 6.03 Å². The van der Waals surface area contributed by atoms with Crippen molar-refractivity contribution in [2.24, 2.45) is 0 Å². The lowest BCUT2D eigenvalue weighted by atomic mass is 10.2. The Balaban J connectivity index is 1.62. The van der Waals surface area contributed by atoms with Crippen molar-refractivity contribution in [3.63, 3.8) is 0 Å². The molecule has 0 spiro atoms. The zero-order valence-corrected chi connectivity index (χ0v) is 15.3. The second-order valence-corrected chi connectivity index (χ2v) is 6.16. The van der Waals surface area contributed by atoms with Crippen LogP contribution in [0.25, 0.3) is 11.3 Å². The van der Waals surface area contributed by atoms with E-state index in [1.54, 1.807) is 19.2 Å². The summed E-state index contributed by atoms with van der Waals surface area (Å²) < 4.78 is 10.6.